The molecule has 0 radical (unpaired) electrons. The van der Waals surface area contributed by atoms with Crippen LogP contribution in [0.5, 0.6) is 0 Å². The quantitative estimate of drug-likeness (QED) is 0.695. The van der Waals surface area contributed by atoms with Gasteiger partial charge in [0.2, 0.25) is 5.09 Å². The van der Waals surface area contributed by atoms with Crippen molar-refractivity contribution in [2.45, 2.75) is 24.7 Å². The minimum Gasteiger partial charge on any atom is -0.442 e. The van der Waals surface area contributed by atoms with Gasteiger partial charge < -0.3 is 4.42 Å². The van der Waals surface area contributed by atoms with E-state index < -0.39 is 27.0 Å². The summed E-state index contributed by atoms with van der Waals surface area (Å²) in [5, 5.41) is 11.8. The van der Waals surface area contributed by atoms with E-state index in [1.807, 2.05) is 5.10 Å². The van der Waals surface area contributed by atoms with Crippen LogP contribution in [-0.4, -0.2) is 28.9 Å². The Morgan fingerprint density at radius 2 is 2.04 bits per heavy atom. The zero-order valence-electron chi connectivity index (χ0n) is 12.5. The molecule has 0 aliphatic heterocycles. The largest absolute Gasteiger partial charge is 0.442 e. The topological polar surface area (TPSA) is 127 Å². The molecule has 134 valence electrons. The summed E-state index contributed by atoms with van der Waals surface area (Å²) in [7, 11) is -4.05. The number of hydrogen-bond acceptors (Lipinski definition) is 7. The van der Waals surface area contributed by atoms with Gasteiger partial charge in [0.1, 0.15) is 22.8 Å². The Hall–Kier alpha value is -2.67. The summed E-state index contributed by atoms with van der Waals surface area (Å²) in [5.74, 6) is -0.133. The molecule has 0 atom stereocenters. The number of sulfonamides is 1. The third kappa shape index (κ3) is 3.56. The van der Waals surface area contributed by atoms with Gasteiger partial charge in [-0.1, -0.05) is 10.3 Å². The molecule has 0 unspecified atom stereocenters. The van der Waals surface area contributed by atoms with Crippen molar-refractivity contribution < 1.29 is 30.6 Å². The van der Waals surface area contributed by atoms with Gasteiger partial charge in [0.15, 0.2) is 5.76 Å². The first-order chi connectivity index (χ1) is 11.7. The van der Waals surface area contributed by atoms with Gasteiger partial charge >= 0.3 is 6.18 Å². The van der Waals surface area contributed by atoms with Crippen molar-refractivity contribution in [2.75, 3.05) is 0 Å². The van der Waals surface area contributed by atoms with E-state index in [-0.39, 0.29) is 23.7 Å². The lowest BCUT2D eigenvalue weighted by Gasteiger charge is -2.01. The Labute approximate surface area is 138 Å². The van der Waals surface area contributed by atoms with E-state index in [1.54, 1.807) is 6.92 Å². The van der Waals surface area contributed by atoms with Crippen LogP contribution in [0, 0.1) is 6.92 Å². The summed E-state index contributed by atoms with van der Waals surface area (Å²) >= 11 is 0. The second kappa shape index (κ2) is 6.00. The second-order valence-corrected chi connectivity index (χ2v) is 6.60. The molecule has 3 aromatic heterocycles. The summed E-state index contributed by atoms with van der Waals surface area (Å²) in [6, 6.07) is 3.02. The van der Waals surface area contributed by atoms with Crippen molar-refractivity contribution in [1.82, 2.24) is 25.2 Å². The van der Waals surface area contributed by atoms with E-state index in [1.165, 1.54) is 6.07 Å². The number of aromatic nitrogens is 4. The number of furan rings is 1. The highest BCUT2D eigenvalue weighted by Crippen LogP contribution is 2.31. The fraction of sp³-hybridized carbons (Fsp3) is 0.250. The van der Waals surface area contributed by atoms with Crippen LogP contribution < -0.4 is 4.72 Å². The molecule has 0 fully saturated rings. The Bertz CT molecular complexity index is 988. The van der Waals surface area contributed by atoms with Crippen LogP contribution >= 0.6 is 0 Å². The van der Waals surface area contributed by atoms with Crippen molar-refractivity contribution in [3.63, 3.8) is 0 Å². The summed E-state index contributed by atoms with van der Waals surface area (Å²) < 4.78 is 73.7. The van der Waals surface area contributed by atoms with Crippen molar-refractivity contribution >= 4 is 10.0 Å². The molecule has 0 saturated heterocycles. The molecule has 3 heterocycles. The van der Waals surface area contributed by atoms with Gasteiger partial charge in [-0.3, -0.25) is 5.10 Å². The number of halogens is 3. The summed E-state index contributed by atoms with van der Waals surface area (Å²) in [6.45, 7) is 1.40. The average Bonchev–Trinajstić information content (AvgIpc) is 3.24. The predicted molar refractivity (Wildman–Crippen MR) is 74.4 cm³/mol. The van der Waals surface area contributed by atoms with Crippen LogP contribution in [0.2, 0.25) is 0 Å². The van der Waals surface area contributed by atoms with E-state index in [2.05, 4.69) is 24.8 Å². The van der Waals surface area contributed by atoms with Gasteiger partial charge in [-0.15, -0.1) is 0 Å². The Morgan fingerprint density at radius 3 is 2.64 bits per heavy atom. The van der Waals surface area contributed by atoms with Crippen LogP contribution in [0.4, 0.5) is 13.2 Å². The minimum atomic E-state index is -4.60. The number of nitrogens with zero attached hydrogens (tertiary/aromatic N) is 3. The van der Waals surface area contributed by atoms with E-state index in [0.717, 1.165) is 6.07 Å². The van der Waals surface area contributed by atoms with Crippen molar-refractivity contribution in [1.29, 1.82) is 0 Å². The molecule has 0 aromatic carbocycles. The van der Waals surface area contributed by atoms with Crippen LogP contribution in [0.25, 0.3) is 11.5 Å². The fourth-order valence-corrected chi connectivity index (χ4v) is 2.76. The zero-order chi connectivity index (χ0) is 18.2. The molecule has 3 aromatic rings. The van der Waals surface area contributed by atoms with Crippen LogP contribution in [0.1, 0.15) is 17.1 Å². The lowest BCUT2D eigenvalue weighted by Crippen LogP contribution is -2.23. The third-order valence-corrected chi connectivity index (χ3v) is 4.43. The first-order valence-corrected chi connectivity index (χ1v) is 8.15. The van der Waals surface area contributed by atoms with Gasteiger partial charge in [0, 0.05) is 0 Å². The highest BCUT2D eigenvalue weighted by molar-refractivity contribution is 7.89. The molecule has 0 saturated carbocycles. The Kier molecular flexibility index (Phi) is 4.12. The minimum absolute atomic E-state index is 0.133. The number of nitrogens with one attached hydrogen (secondary N) is 2. The van der Waals surface area contributed by atoms with Crippen molar-refractivity contribution in [3.05, 3.63) is 35.3 Å². The molecular weight excluding hydrogens is 367 g/mol. The van der Waals surface area contributed by atoms with E-state index in [0.29, 0.717) is 11.8 Å². The monoisotopic (exact) mass is 377 g/mol. The number of H-pyrrole nitrogens is 1. The predicted octanol–water partition coefficient (Wildman–Crippen LogP) is 1.86. The normalized spacial score (nSPS) is 12.6. The smallest absolute Gasteiger partial charge is 0.432 e. The third-order valence-electron chi connectivity index (χ3n) is 3.16. The van der Waals surface area contributed by atoms with Crippen LogP contribution in [0.15, 0.2) is 32.3 Å². The molecule has 3 rings (SSSR count). The fourth-order valence-electron chi connectivity index (χ4n) is 1.84. The van der Waals surface area contributed by atoms with E-state index in [4.69, 9.17) is 4.42 Å². The lowest BCUT2D eigenvalue weighted by molar-refractivity contribution is -0.141. The maximum atomic E-state index is 12.6. The zero-order valence-corrected chi connectivity index (χ0v) is 13.3. The number of aromatic amines is 1. The van der Waals surface area contributed by atoms with Crippen molar-refractivity contribution in [2.24, 2.45) is 0 Å². The van der Waals surface area contributed by atoms with Gasteiger partial charge in [0.05, 0.1) is 6.54 Å². The summed E-state index contributed by atoms with van der Waals surface area (Å²) in [4.78, 5) is 0. The molecule has 0 amide bonds. The summed E-state index contributed by atoms with van der Waals surface area (Å²) in [6.07, 6.45) is -4.60. The summed E-state index contributed by atoms with van der Waals surface area (Å²) in [5.41, 5.74) is -0.544. The molecule has 0 spiro atoms. The second-order valence-electron chi connectivity index (χ2n) is 4.90. The maximum absolute atomic E-state index is 12.6. The van der Waals surface area contributed by atoms with Crippen LogP contribution in [0.3, 0.4) is 0 Å². The van der Waals surface area contributed by atoms with E-state index in [9.17, 15) is 21.6 Å². The average molecular weight is 377 g/mol. The lowest BCUT2D eigenvalue weighted by atomic mass is 10.3. The highest BCUT2D eigenvalue weighted by Gasteiger charge is 2.33. The highest BCUT2D eigenvalue weighted by atomic mass is 32.2. The SMILES string of the molecule is Cc1nonc1CNS(=O)(=O)c1ccc(-c2cc(C(F)(F)F)[nH]n2)o1. The molecule has 0 aliphatic rings. The molecule has 0 aliphatic carbocycles. The molecular formula is C12H10F3N5O4S. The number of hydrogen-bond donors (Lipinski definition) is 2. The van der Waals surface area contributed by atoms with Gasteiger partial charge in [-0.2, -0.15) is 18.3 Å². The van der Waals surface area contributed by atoms with Crippen molar-refractivity contribution in [3.8, 4) is 11.5 Å². The molecule has 13 heteroatoms. The first-order valence-electron chi connectivity index (χ1n) is 6.67. The van der Waals surface area contributed by atoms with Gasteiger partial charge in [-0.25, -0.2) is 17.8 Å². The Balaban J connectivity index is 1.78. The van der Waals surface area contributed by atoms with Gasteiger partial charge in [0.25, 0.3) is 10.0 Å². The first kappa shape index (κ1) is 17.2. The molecule has 2 N–H and O–H groups in total. The molecule has 25 heavy (non-hydrogen) atoms. The van der Waals surface area contributed by atoms with Crippen LogP contribution in [-0.2, 0) is 22.7 Å². The Morgan fingerprint density at radius 1 is 1.28 bits per heavy atom. The van der Waals surface area contributed by atoms with E-state index >= 15 is 0 Å². The number of aryl methyl sites for hydroxylation is 1. The molecule has 9 nitrogen and oxygen atoms in total. The maximum Gasteiger partial charge on any atom is 0.432 e. The number of alkyl halides is 3. The molecule has 0 bridgehead atoms. The number of rotatable bonds is 5. The van der Waals surface area contributed by atoms with Gasteiger partial charge in [-0.05, 0) is 25.1 Å². The standard InChI is InChI=1S/C12H10F3N5O4S/c1-6-8(20-24-19-6)5-16-25(21,22)11-3-2-9(23-11)7-4-10(18-17-7)12(13,14)15/h2-4,16H,5H2,1H3,(H,17,18).